The molecule has 52 heavy (non-hydrogen) atoms. The zero-order valence-corrected chi connectivity index (χ0v) is 29.5. The molecule has 0 saturated carbocycles. The SMILES string of the molecule is [2H]C([2H])([2H])c1cc2ccccc2c2c1P(c1ccccc1)N(c1nc(-c3ccccc3)c3ccccc3n1)c1c-2c2ccccc2c2sc3ccccc3c12. The molecular formula is C47H30N3PS. The van der Waals surface area contributed by atoms with E-state index in [2.05, 4.69) is 95.7 Å². The number of aromatic nitrogens is 2. The van der Waals surface area contributed by atoms with E-state index in [4.69, 9.17) is 14.1 Å². The number of hydrogen-bond acceptors (Lipinski definition) is 4. The van der Waals surface area contributed by atoms with Crippen LogP contribution in [0.1, 0.15) is 9.68 Å². The van der Waals surface area contributed by atoms with Gasteiger partial charge in [-0.05, 0) is 40.7 Å². The van der Waals surface area contributed by atoms with Gasteiger partial charge < -0.3 is 0 Å². The molecule has 0 fully saturated rings. The molecule has 0 saturated heterocycles. The van der Waals surface area contributed by atoms with Gasteiger partial charge in [0, 0.05) is 62.4 Å². The molecule has 2 aromatic heterocycles. The second-order valence-corrected chi connectivity index (χ2v) is 16.2. The molecule has 5 heteroatoms. The van der Waals surface area contributed by atoms with E-state index in [1.54, 1.807) is 11.3 Å². The van der Waals surface area contributed by atoms with Gasteiger partial charge in [-0.3, -0.25) is 4.67 Å². The normalized spacial score (nSPS) is 15.1. The molecule has 0 spiro atoms. The van der Waals surface area contributed by atoms with Crippen molar-refractivity contribution in [2.24, 2.45) is 0 Å². The first kappa shape index (κ1) is 26.8. The molecule has 1 aliphatic heterocycles. The molecule has 0 bridgehead atoms. The van der Waals surface area contributed by atoms with E-state index < -0.39 is 14.9 Å². The fourth-order valence-electron chi connectivity index (χ4n) is 8.07. The highest BCUT2D eigenvalue weighted by Gasteiger charge is 2.40. The Hall–Kier alpha value is -5.93. The van der Waals surface area contributed by atoms with Gasteiger partial charge in [-0.25, -0.2) is 9.97 Å². The molecule has 0 N–H and O–H groups in total. The van der Waals surface area contributed by atoms with Crippen molar-refractivity contribution in [1.82, 2.24) is 9.97 Å². The minimum Gasteiger partial charge on any atom is -0.279 e. The Balaban J connectivity index is 1.42. The maximum atomic E-state index is 9.12. The third-order valence-corrected chi connectivity index (χ3v) is 13.9. The molecule has 1 atom stereocenters. The summed E-state index contributed by atoms with van der Waals surface area (Å²) in [5.74, 6) is 0.538. The Bertz CT molecular complexity index is 3160. The lowest BCUT2D eigenvalue weighted by Gasteiger charge is -2.41. The average Bonchev–Trinajstić information content (AvgIpc) is 3.62. The van der Waals surface area contributed by atoms with E-state index >= 15 is 0 Å². The summed E-state index contributed by atoms with van der Waals surface area (Å²) in [6, 6.07) is 56.2. The van der Waals surface area contributed by atoms with Gasteiger partial charge in [-0.15, -0.1) is 11.3 Å². The van der Waals surface area contributed by atoms with Gasteiger partial charge in [0.15, 0.2) is 0 Å². The van der Waals surface area contributed by atoms with Crippen LogP contribution in [0.15, 0.2) is 164 Å². The Morgan fingerprint density at radius 1 is 0.596 bits per heavy atom. The largest absolute Gasteiger partial charge is 0.279 e. The zero-order chi connectivity index (χ0) is 36.8. The van der Waals surface area contributed by atoms with Gasteiger partial charge in [-0.2, -0.15) is 0 Å². The van der Waals surface area contributed by atoms with Crippen molar-refractivity contribution in [3.05, 3.63) is 169 Å². The van der Waals surface area contributed by atoms with Crippen LogP contribution in [-0.4, -0.2) is 9.97 Å². The lowest BCUT2D eigenvalue weighted by Crippen LogP contribution is -2.33. The maximum absolute atomic E-state index is 9.12. The summed E-state index contributed by atoms with van der Waals surface area (Å²) in [5.41, 5.74) is 6.00. The third-order valence-electron chi connectivity index (χ3n) is 10.2. The summed E-state index contributed by atoms with van der Waals surface area (Å²) in [7, 11) is -1.62. The van der Waals surface area contributed by atoms with E-state index in [1.165, 1.54) is 9.40 Å². The monoisotopic (exact) mass is 702 g/mol. The quantitative estimate of drug-likeness (QED) is 0.172. The van der Waals surface area contributed by atoms with Crippen molar-refractivity contribution in [3.63, 3.8) is 0 Å². The Morgan fingerprint density at radius 3 is 2.06 bits per heavy atom. The molecule has 8 aromatic carbocycles. The van der Waals surface area contributed by atoms with Crippen LogP contribution < -0.4 is 15.3 Å². The van der Waals surface area contributed by atoms with Crippen LogP contribution in [0.2, 0.25) is 0 Å². The van der Waals surface area contributed by atoms with Crippen LogP contribution in [-0.2, 0) is 0 Å². The van der Waals surface area contributed by atoms with Crippen LogP contribution in [0.5, 0.6) is 0 Å². The molecular weight excluding hydrogens is 670 g/mol. The summed E-state index contributed by atoms with van der Waals surface area (Å²) < 4.78 is 32.1. The Morgan fingerprint density at radius 2 is 1.25 bits per heavy atom. The first-order valence-electron chi connectivity index (χ1n) is 18.9. The highest BCUT2D eigenvalue weighted by Crippen LogP contribution is 2.62. The van der Waals surface area contributed by atoms with Crippen LogP contribution in [0.3, 0.4) is 0 Å². The van der Waals surface area contributed by atoms with Gasteiger partial charge in [0.05, 0.1) is 25.0 Å². The molecule has 10 aromatic rings. The molecule has 244 valence electrons. The van der Waals surface area contributed by atoms with Crippen LogP contribution in [0.25, 0.3) is 75.0 Å². The number of thiophene rings is 1. The van der Waals surface area contributed by atoms with Gasteiger partial charge in [-0.1, -0.05) is 152 Å². The number of para-hydroxylation sites is 1. The Kier molecular flexibility index (Phi) is 5.96. The number of anilines is 2. The van der Waals surface area contributed by atoms with E-state index in [0.717, 1.165) is 81.9 Å². The summed E-state index contributed by atoms with van der Waals surface area (Å²) >= 11 is 1.80. The second kappa shape index (κ2) is 11.5. The topological polar surface area (TPSA) is 29.0 Å². The standard InChI is InChI=1S/C47H30N3PS/c1-29-28-31-18-8-9-21-33(31)41-40-34-22-10-11-23-35(34)46-42(37-25-13-15-27-39(37)52-46)44(40)50(51(45(29)41)32-19-6-3-7-20-32)47-48-38-26-14-12-24-36(38)43(49-47)30-16-4-2-5-17-30/h2-28H,1H3/i1D3. The molecule has 1 aliphatic rings. The van der Waals surface area contributed by atoms with Crippen molar-refractivity contribution in [1.29, 1.82) is 0 Å². The minimum atomic E-state index is -2.40. The fraction of sp³-hybridized carbons (Fsp3) is 0.0213. The van der Waals surface area contributed by atoms with Gasteiger partial charge in [0.1, 0.15) is 0 Å². The molecule has 0 aliphatic carbocycles. The van der Waals surface area contributed by atoms with E-state index in [9.17, 15) is 0 Å². The lowest BCUT2D eigenvalue weighted by atomic mass is 9.89. The first-order chi connectivity index (χ1) is 27.0. The maximum Gasteiger partial charge on any atom is 0.235 e. The predicted molar refractivity (Wildman–Crippen MR) is 224 cm³/mol. The molecule has 11 rings (SSSR count). The summed E-state index contributed by atoms with van der Waals surface area (Å²) in [6.07, 6.45) is 0. The highest BCUT2D eigenvalue weighted by atomic mass is 32.1. The van der Waals surface area contributed by atoms with Crippen molar-refractivity contribution >= 4 is 94.3 Å². The second-order valence-electron chi connectivity index (χ2n) is 13.2. The van der Waals surface area contributed by atoms with Crippen LogP contribution >= 0.6 is 19.4 Å². The molecule has 3 heterocycles. The highest BCUT2D eigenvalue weighted by molar-refractivity contribution is 7.75. The number of rotatable bonds is 3. The van der Waals surface area contributed by atoms with Crippen LogP contribution in [0.4, 0.5) is 11.6 Å². The van der Waals surface area contributed by atoms with Crippen molar-refractivity contribution in [2.45, 2.75) is 6.85 Å². The molecule has 1 unspecified atom stereocenters. The zero-order valence-electron chi connectivity index (χ0n) is 30.8. The minimum absolute atomic E-state index is 0.357. The predicted octanol–water partition coefficient (Wildman–Crippen LogP) is 12.4. The average molecular weight is 703 g/mol. The number of hydrogen-bond donors (Lipinski definition) is 0. The summed E-state index contributed by atoms with van der Waals surface area (Å²) in [5, 5.41) is 9.22. The number of fused-ring (bicyclic) bond motifs is 13. The smallest absolute Gasteiger partial charge is 0.235 e. The van der Waals surface area contributed by atoms with E-state index in [0.29, 0.717) is 11.5 Å². The van der Waals surface area contributed by atoms with Gasteiger partial charge in [0.2, 0.25) is 5.95 Å². The third kappa shape index (κ3) is 4.29. The summed E-state index contributed by atoms with van der Waals surface area (Å²) in [6.45, 7) is -2.40. The van der Waals surface area contributed by atoms with E-state index in [1.807, 2.05) is 72.8 Å². The Labute approximate surface area is 310 Å². The van der Waals surface area contributed by atoms with Crippen molar-refractivity contribution < 1.29 is 4.11 Å². The lowest BCUT2D eigenvalue weighted by molar-refractivity contribution is 1.17. The van der Waals surface area contributed by atoms with Gasteiger partial charge >= 0.3 is 0 Å². The first-order valence-corrected chi connectivity index (χ1v) is 19.5. The van der Waals surface area contributed by atoms with Crippen molar-refractivity contribution in [2.75, 3.05) is 4.67 Å². The molecule has 3 nitrogen and oxygen atoms in total. The fourth-order valence-corrected chi connectivity index (χ4v) is 11.9. The van der Waals surface area contributed by atoms with Crippen molar-refractivity contribution in [3.8, 4) is 22.4 Å². The van der Waals surface area contributed by atoms with E-state index in [-0.39, 0.29) is 0 Å². The number of aryl methyl sites for hydroxylation is 1. The number of nitrogens with zero attached hydrogens (tertiary/aromatic N) is 3. The van der Waals surface area contributed by atoms with Gasteiger partial charge in [0.25, 0.3) is 0 Å². The number of benzene rings is 8. The molecule has 0 radical (unpaired) electrons. The molecule has 0 amide bonds. The van der Waals surface area contributed by atoms with Crippen LogP contribution in [0, 0.1) is 6.85 Å². The summed E-state index contributed by atoms with van der Waals surface area (Å²) in [4.78, 5) is 11.0.